The predicted molar refractivity (Wildman–Crippen MR) is 88.7 cm³/mol. The molecule has 116 valence electrons. The first kappa shape index (κ1) is 15.1. The fraction of sp³-hybridized carbons (Fsp3) is 0.176. The van der Waals surface area contributed by atoms with Crippen LogP contribution in [0.1, 0.15) is 6.42 Å². The lowest BCUT2D eigenvalue weighted by Crippen LogP contribution is -2.07. The van der Waals surface area contributed by atoms with Crippen molar-refractivity contribution in [2.75, 3.05) is 18.5 Å². The maximum atomic E-state index is 8.92. The van der Waals surface area contributed by atoms with Gasteiger partial charge >= 0.3 is 0 Å². The number of pyridine rings is 2. The Labute approximate surface area is 134 Å². The number of aromatic nitrogens is 4. The van der Waals surface area contributed by atoms with Crippen molar-refractivity contribution in [3.63, 3.8) is 0 Å². The third-order valence-electron chi connectivity index (χ3n) is 3.23. The lowest BCUT2D eigenvalue weighted by Gasteiger charge is -2.09. The van der Waals surface area contributed by atoms with Gasteiger partial charge in [-0.1, -0.05) is 6.07 Å². The second kappa shape index (κ2) is 7.42. The molecule has 0 unspecified atom stereocenters. The molecule has 3 aromatic heterocycles. The van der Waals surface area contributed by atoms with Gasteiger partial charge in [-0.15, -0.1) is 0 Å². The average molecular weight is 307 g/mol. The minimum absolute atomic E-state index is 0.141. The number of rotatable bonds is 6. The molecule has 0 saturated carbocycles. The van der Waals surface area contributed by atoms with Gasteiger partial charge in [-0.3, -0.25) is 9.97 Å². The van der Waals surface area contributed by atoms with E-state index >= 15 is 0 Å². The van der Waals surface area contributed by atoms with Crippen LogP contribution < -0.4 is 5.32 Å². The number of nitrogens with zero attached hydrogens (tertiary/aromatic N) is 4. The van der Waals surface area contributed by atoms with Gasteiger partial charge in [0, 0.05) is 43.4 Å². The standard InChI is InChI=1S/C17H17N5O/c23-11-3-8-20-16-12-15(14-4-1-2-7-19-14)21-17(22-16)13-5-9-18-10-6-13/h1-2,4-7,9-10,12,23H,3,8,11H2,(H,20,21,22). The van der Waals surface area contributed by atoms with Gasteiger partial charge in [-0.05, 0) is 30.7 Å². The highest BCUT2D eigenvalue weighted by Gasteiger charge is 2.09. The summed E-state index contributed by atoms with van der Waals surface area (Å²) in [5.74, 6) is 1.32. The zero-order valence-electron chi connectivity index (χ0n) is 12.6. The maximum absolute atomic E-state index is 8.92. The number of aliphatic hydroxyl groups is 1. The second-order valence-electron chi connectivity index (χ2n) is 4.92. The van der Waals surface area contributed by atoms with Gasteiger partial charge in [-0.2, -0.15) is 0 Å². The van der Waals surface area contributed by atoms with E-state index in [0.717, 1.165) is 17.0 Å². The van der Waals surface area contributed by atoms with E-state index in [-0.39, 0.29) is 6.61 Å². The van der Waals surface area contributed by atoms with Crippen LogP contribution in [-0.2, 0) is 0 Å². The molecule has 0 saturated heterocycles. The SMILES string of the molecule is OCCCNc1cc(-c2ccccn2)nc(-c2ccncc2)n1. The fourth-order valence-electron chi connectivity index (χ4n) is 2.11. The maximum Gasteiger partial charge on any atom is 0.162 e. The molecular weight excluding hydrogens is 290 g/mol. The summed E-state index contributed by atoms with van der Waals surface area (Å²) < 4.78 is 0. The summed E-state index contributed by atoms with van der Waals surface area (Å²) in [4.78, 5) is 17.5. The van der Waals surface area contributed by atoms with Gasteiger partial charge in [0.2, 0.25) is 0 Å². The van der Waals surface area contributed by atoms with Crippen LogP contribution in [0.2, 0.25) is 0 Å². The van der Waals surface area contributed by atoms with Crippen LogP contribution in [0.15, 0.2) is 55.0 Å². The minimum atomic E-state index is 0.141. The summed E-state index contributed by atoms with van der Waals surface area (Å²) in [5, 5.41) is 12.1. The van der Waals surface area contributed by atoms with Crippen molar-refractivity contribution < 1.29 is 5.11 Å². The van der Waals surface area contributed by atoms with E-state index in [1.165, 1.54) is 0 Å². The first-order chi connectivity index (χ1) is 11.4. The number of hydrogen-bond donors (Lipinski definition) is 2. The van der Waals surface area contributed by atoms with Crippen LogP contribution >= 0.6 is 0 Å². The Kier molecular flexibility index (Phi) is 4.85. The van der Waals surface area contributed by atoms with Gasteiger partial charge in [0.05, 0.1) is 11.4 Å². The fourth-order valence-corrected chi connectivity index (χ4v) is 2.11. The average Bonchev–Trinajstić information content (AvgIpc) is 2.63. The summed E-state index contributed by atoms with van der Waals surface area (Å²) in [6.45, 7) is 0.785. The highest BCUT2D eigenvalue weighted by molar-refractivity contribution is 5.65. The van der Waals surface area contributed by atoms with Crippen LogP contribution in [0.5, 0.6) is 0 Å². The highest BCUT2D eigenvalue weighted by atomic mass is 16.3. The number of hydrogen-bond acceptors (Lipinski definition) is 6. The van der Waals surface area contributed by atoms with E-state index in [2.05, 4.69) is 25.3 Å². The molecule has 3 aromatic rings. The zero-order chi connectivity index (χ0) is 15.9. The van der Waals surface area contributed by atoms with E-state index in [0.29, 0.717) is 24.6 Å². The van der Waals surface area contributed by atoms with Crippen LogP contribution in [0, 0.1) is 0 Å². The molecule has 6 heteroatoms. The van der Waals surface area contributed by atoms with Crippen molar-refractivity contribution in [3.8, 4) is 22.8 Å². The summed E-state index contributed by atoms with van der Waals surface area (Å²) >= 11 is 0. The largest absolute Gasteiger partial charge is 0.396 e. The Morgan fingerprint density at radius 1 is 0.957 bits per heavy atom. The molecular formula is C17H17N5O. The normalized spacial score (nSPS) is 10.5. The van der Waals surface area contributed by atoms with Gasteiger partial charge in [0.1, 0.15) is 5.82 Å². The molecule has 0 amide bonds. The molecule has 0 atom stereocenters. The van der Waals surface area contributed by atoms with Crippen molar-refractivity contribution >= 4 is 5.82 Å². The van der Waals surface area contributed by atoms with Gasteiger partial charge in [0.15, 0.2) is 5.82 Å². The van der Waals surface area contributed by atoms with Crippen molar-refractivity contribution in [2.24, 2.45) is 0 Å². The molecule has 23 heavy (non-hydrogen) atoms. The van der Waals surface area contributed by atoms with E-state index in [4.69, 9.17) is 5.11 Å². The molecule has 0 aromatic carbocycles. The van der Waals surface area contributed by atoms with Gasteiger partial charge in [-0.25, -0.2) is 9.97 Å². The van der Waals surface area contributed by atoms with Crippen LogP contribution in [0.3, 0.4) is 0 Å². The Hall–Kier alpha value is -2.86. The number of anilines is 1. The molecule has 3 heterocycles. The third-order valence-corrected chi connectivity index (χ3v) is 3.23. The van der Waals surface area contributed by atoms with E-state index in [1.54, 1.807) is 18.6 Å². The van der Waals surface area contributed by atoms with Crippen molar-refractivity contribution in [3.05, 3.63) is 55.0 Å². The summed E-state index contributed by atoms with van der Waals surface area (Å²) in [6, 6.07) is 11.3. The smallest absolute Gasteiger partial charge is 0.162 e. The molecule has 0 spiro atoms. The van der Waals surface area contributed by atoms with Crippen LogP contribution in [0.25, 0.3) is 22.8 Å². The topological polar surface area (TPSA) is 83.8 Å². The minimum Gasteiger partial charge on any atom is -0.396 e. The Morgan fingerprint density at radius 2 is 1.83 bits per heavy atom. The lowest BCUT2D eigenvalue weighted by molar-refractivity contribution is 0.292. The van der Waals surface area contributed by atoms with Crippen molar-refractivity contribution in [2.45, 2.75) is 6.42 Å². The Morgan fingerprint density at radius 3 is 2.57 bits per heavy atom. The molecule has 0 aliphatic carbocycles. The zero-order valence-corrected chi connectivity index (χ0v) is 12.6. The van der Waals surface area contributed by atoms with E-state index in [9.17, 15) is 0 Å². The van der Waals surface area contributed by atoms with Crippen LogP contribution in [-0.4, -0.2) is 38.2 Å². The van der Waals surface area contributed by atoms with Crippen molar-refractivity contribution in [1.82, 2.24) is 19.9 Å². The molecule has 0 radical (unpaired) electrons. The number of nitrogens with one attached hydrogen (secondary N) is 1. The monoisotopic (exact) mass is 307 g/mol. The van der Waals surface area contributed by atoms with Gasteiger partial charge in [0.25, 0.3) is 0 Å². The molecule has 3 rings (SSSR count). The first-order valence-corrected chi connectivity index (χ1v) is 7.42. The summed E-state index contributed by atoms with van der Waals surface area (Å²) in [6.07, 6.45) is 5.83. The molecule has 0 fully saturated rings. The van der Waals surface area contributed by atoms with Crippen molar-refractivity contribution in [1.29, 1.82) is 0 Å². The number of aliphatic hydroxyl groups excluding tert-OH is 1. The second-order valence-corrected chi connectivity index (χ2v) is 4.92. The molecule has 0 aliphatic rings. The Bertz CT molecular complexity index is 692. The van der Waals surface area contributed by atoms with Gasteiger partial charge < -0.3 is 10.4 Å². The molecule has 6 nitrogen and oxygen atoms in total. The predicted octanol–water partition coefficient (Wildman–Crippen LogP) is 2.39. The Balaban J connectivity index is 2.00. The third kappa shape index (κ3) is 3.87. The molecule has 0 aliphatic heterocycles. The summed E-state index contributed by atoms with van der Waals surface area (Å²) in [5.41, 5.74) is 2.43. The molecule has 0 bridgehead atoms. The van der Waals surface area contributed by atoms with Crippen LogP contribution in [0.4, 0.5) is 5.82 Å². The lowest BCUT2D eigenvalue weighted by atomic mass is 10.2. The summed E-state index contributed by atoms with van der Waals surface area (Å²) in [7, 11) is 0. The van der Waals surface area contributed by atoms with E-state index < -0.39 is 0 Å². The van der Waals surface area contributed by atoms with E-state index in [1.807, 2.05) is 36.4 Å². The quantitative estimate of drug-likeness (QED) is 0.680. The highest BCUT2D eigenvalue weighted by Crippen LogP contribution is 2.22. The first-order valence-electron chi connectivity index (χ1n) is 7.42. The molecule has 2 N–H and O–H groups in total.